The number of hydrogen-bond acceptors (Lipinski definition) is 0. The zero-order valence-electron chi connectivity index (χ0n) is 17.2. The summed E-state index contributed by atoms with van der Waals surface area (Å²) in [6.07, 6.45) is 6.96. The molecule has 0 radical (unpaired) electrons. The summed E-state index contributed by atoms with van der Waals surface area (Å²) in [5.41, 5.74) is 4.89. The summed E-state index contributed by atoms with van der Waals surface area (Å²) in [4.78, 5) is 0. The summed E-state index contributed by atoms with van der Waals surface area (Å²) in [6.45, 7) is 21.2. The zero-order valence-corrected chi connectivity index (χ0v) is 18.2. The molecule has 0 spiro atoms. The highest BCUT2D eigenvalue weighted by Gasteiger charge is 2.25. The van der Waals surface area contributed by atoms with Gasteiger partial charge in [0, 0.05) is 5.56 Å². The number of terminal acetylenes is 1. The minimum atomic E-state index is 0.529. The second kappa shape index (κ2) is 13.6. The van der Waals surface area contributed by atoms with Crippen LogP contribution in [0.25, 0.3) is 0 Å². The molecule has 1 aliphatic rings. The van der Waals surface area contributed by atoms with E-state index in [-0.39, 0.29) is 0 Å². The first kappa shape index (κ1) is 24.5. The fourth-order valence-corrected chi connectivity index (χ4v) is 4.94. The number of rotatable bonds is 1. The van der Waals surface area contributed by atoms with Crippen molar-refractivity contribution in [2.45, 2.75) is 93.2 Å². The number of hydrogen-bond donors (Lipinski definition) is 0. The molecule has 1 aromatic rings. The van der Waals surface area contributed by atoms with Gasteiger partial charge in [0.05, 0.1) is 0 Å². The van der Waals surface area contributed by atoms with Gasteiger partial charge in [0.1, 0.15) is 0 Å². The minimum Gasteiger partial charge on any atom is -0.115 e. The largest absolute Gasteiger partial charge is 0.115 e. The average molecular weight is 335 g/mol. The molecule has 3 atom stereocenters. The Bertz CT molecular complexity index is 466. The van der Waals surface area contributed by atoms with Gasteiger partial charge in [-0.2, -0.15) is 0 Å². The van der Waals surface area contributed by atoms with Crippen LogP contribution in [0.3, 0.4) is 0 Å². The molecule has 2 rings (SSSR count). The molecule has 1 heteroatoms. The second-order valence-electron chi connectivity index (χ2n) is 5.47. The Morgan fingerprint density at radius 2 is 1.57 bits per heavy atom. The van der Waals surface area contributed by atoms with Crippen molar-refractivity contribution >= 4 is 13.9 Å². The van der Waals surface area contributed by atoms with Crippen molar-refractivity contribution in [1.29, 1.82) is 0 Å². The van der Waals surface area contributed by atoms with Crippen molar-refractivity contribution in [3.05, 3.63) is 28.8 Å². The van der Waals surface area contributed by atoms with Gasteiger partial charge in [0.2, 0.25) is 0 Å². The van der Waals surface area contributed by atoms with E-state index in [1.165, 1.54) is 12.0 Å². The predicted octanol–water partition coefficient (Wildman–Crippen LogP) is 7.07. The quantitative estimate of drug-likeness (QED) is 0.380. The maximum atomic E-state index is 5.64. The lowest BCUT2D eigenvalue weighted by molar-refractivity contribution is 0.666. The van der Waals surface area contributed by atoms with E-state index in [1.54, 1.807) is 10.9 Å². The van der Waals surface area contributed by atoms with Gasteiger partial charge in [0.15, 0.2) is 0 Å². The maximum Gasteiger partial charge on any atom is 0.0283 e. The molecular formula is C22H39P. The molecule has 0 saturated carbocycles. The van der Waals surface area contributed by atoms with Crippen molar-refractivity contribution in [2.24, 2.45) is 0 Å². The zero-order chi connectivity index (χ0) is 18.6. The summed E-state index contributed by atoms with van der Waals surface area (Å²) in [5, 5.41) is 1.57. The van der Waals surface area contributed by atoms with Crippen LogP contribution in [0.2, 0.25) is 0 Å². The summed E-state index contributed by atoms with van der Waals surface area (Å²) >= 11 is 0. The third-order valence-electron chi connectivity index (χ3n) is 3.64. The Labute approximate surface area is 148 Å². The average Bonchev–Trinajstić information content (AvgIpc) is 2.58. The SMILES string of the molecule is C#Cc1ccc2c(c1C(C)C)PC(C)CC2C.CC.CC.CC. The van der Waals surface area contributed by atoms with Gasteiger partial charge in [-0.15, -0.1) is 6.42 Å². The fourth-order valence-electron chi connectivity index (χ4n) is 2.90. The fraction of sp³-hybridized carbons (Fsp3) is 0.636. The molecule has 0 saturated heterocycles. The lowest BCUT2D eigenvalue weighted by Crippen LogP contribution is -2.24. The first-order chi connectivity index (χ1) is 11.0. The van der Waals surface area contributed by atoms with Gasteiger partial charge in [-0.3, -0.25) is 0 Å². The van der Waals surface area contributed by atoms with Crippen LogP contribution in [0.5, 0.6) is 0 Å². The Morgan fingerprint density at radius 1 is 1.04 bits per heavy atom. The molecule has 132 valence electrons. The van der Waals surface area contributed by atoms with Crippen molar-refractivity contribution in [3.63, 3.8) is 0 Å². The highest BCUT2D eigenvalue weighted by molar-refractivity contribution is 7.48. The van der Waals surface area contributed by atoms with E-state index in [0.717, 1.165) is 19.8 Å². The van der Waals surface area contributed by atoms with E-state index in [9.17, 15) is 0 Å². The molecule has 0 bridgehead atoms. The normalized spacial score (nSPS) is 19.0. The first-order valence-corrected chi connectivity index (χ1v) is 10.5. The lowest BCUT2D eigenvalue weighted by atomic mass is 9.88. The van der Waals surface area contributed by atoms with Gasteiger partial charge < -0.3 is 0 Å². The van der Waals surface area contributed by atoms with Crippen molar-refractivity contribution in [1.82, 2.24) is 0 Å². The minimum absolute atomic E-state index is 0.529. The van der Waals surface area contributed by atoms with Crippen LogP contribution in [-0.4, -0.2) is 5.66 Å². The summed E-state index contributed by atoms with van der Waals surface area (Å²) in [5.74, 6) is 4.08. The molecule has 0 N–H and O–H groups in total. The molecule has 0 aliphatic carbocycles. The standard InChI is InChI=1S/C16H21P.3C2H6/c1-6-13-7-8-14-11(4)9-12(5)17-16(14)15(13)10(2)3;3*1-2/h1,7-8,10-12,17H,9H2,2-5H3;3*1-2H3. The Kier molecular flexibility index (Phi) is 14.5. The molecule has 1 aromatic carbocycles. The number of fused-ring (bicyclic) bond motifs is 1. The predicted molar refractivity (Wildman–Crippen MR) is 113 cm³/mol. The molecule has 0 aromatic heterocycles. The maximum absolute atomic E-state index is 5.64. The molecular weight excluding hydrogens is 295 g/mol. The smallest absolute Gasteiger partial charge is 0.0283 e. The van der Waals surface area contributed by atoms with Gasteiger partial charge in [0.25, 0.3) is 0 Å². The monoisotopic (exact) mass is 334 g/mol. The van der Waals surface area contributed by atoms with Gasteiger partial charge >= 0.3 is 0 Å². The molecule has 0 nitrogen and oxygen atoms in total. The Morgan fingerprint density at radius 3 is 2.00 bits per heavy atom. The van der Waals surface area contributed by atoms with Gasteiger partial charge in [-0.1, -0.05) is 89.8 Å². The van der Waals surface area contributed by atoms with E-state index in [1.807, 2.05) is 41.5 Å². The third kappa shape index (κ3) is 6.69. The first-order valence-electron chi connectivity index (χ1n) is 9.44. The van der Waals surface area contributed by atoms with Crippen molar-refractivity contribution in [3.8, 4) is 12.3 Å². The Hall–Kier alpha value is -0.790. The molecule has 3 unspecified atom stereocenters. The third-order valence-corrected chi connectivity index (χ3v) is 5.21. The Balaban J connectivity index is 0. The van der Waals surface area contributed by atoms with Crippen LogP contribution in [0.1, 0.15) is 104 Å². The summed E-state index contributed by atoms with van der Waals surface area (Å²) < 4.78 is 0. The van der Waals surface area contributed by atoms with E-state index in [0.29, 0.717) is 11.8 Å². The van der Waals surface area contributed by atoms with Crippen LogP contribution in [0.4, 0.5) is 0 Å². The molecule has 1 heterocycles. The van der Waals surface area contributed by atoms with E-state index in [4.69, 9.17) is 6.42 Å². The van der Waals surface area contributed by atoms with Crippen LogP contribution in [0.15, 0.2) is 12.1 Å². The van der Waals surface area contributed by atoms with Crippen LogP contribution < -0.4 is 5.30 Å². The van der Waals surface area contributed by atoms with Crippen LogP contribution in [0, 0.1) is 12.3 Å². The summed E-state index contributed by atoms with van der Waals surface area (Å²) in [7, 11) is 0.928. The highest BCUT2D eigenvalue weighted by atomic mass is 31.1. The van der Waals surface area contributed by atoms with E-state index in [2.05, 4.69) is 45.7 Å². The van der Waals surface area contributed by atoms with Crippen LogP contribution >= 0.6 is 8.58 Å². The molecule has 0 fully saturated rings. The van der Waals surface area contributed by atoms with Crippen LogP contribution in [-0.2, 0) is 0 Å². The molecule has 0 amide bonds. The second-order valence-corrected chi connectivity index (χ2v) is 7.25. The lowest BCUT2D eigenvalue weighted by Gasteiger charge is -2.31. The summed E-state index contributed by atoms with van der Waals surface area (Å²) in [6, 6.07) is 4.41. The van der Waals surface area contributed by atoms with Gasteiger partial charge in [-0.05, 0) is 46.4 Å². The van der Waals surface area contributed by atoms with E-state index >= 15 is 0 Å². The van der Waals surface area contributed by atoms with Crippen molar-refractivity contribution in [2.75, 3.05) is 0 Å². The van der Waals surface area contributed by atoms with Gasteiger partial charge in [-0.25, -0.2) is 0 Å². The highest BCUT2D eigenvalue weighted by Crippen LogP contribution is 2.40. The van der Waals surface area contributed by atoms with E-state index < -0.39 is 0 Å². The number of benzene rings is 1. The van der Waals surface area contributed by atoms with Crippen molar-refractivity contribution < 1.29 is 0 Å². The molecule has 1 aliphatic heterocycles. The topological polar surface area (TPSA) is 0 Å². The molecule has 23 heavy (non-hydrogen) atoms.